The van der Waals surface area contributed by atoms with Gasteiger partial charge in [0.25, 0.3) is 10.0 Å². The van der Waals surface area contributed by atoms with Crippen LogP contribution in [0.25, 0.3) is 0 Å². The SMILES string of the molecule is CN(Cc1ccccc1)C(=O)Cn1cnc(S(=O)(=O)N2CCCCC2)c1. The van der Waals surface area contributed by atoms with E-state index in [0.717, 1.165) is 24.8 Å². The summed E-state index contributed by atoms with van der Waals surface area (Å²) in [6, 6.07) is 9.72. The van der Waals surface area contributed by atoms with Crippen molar-refractivity contribution in [3.8, 4) is 0 Å². The topological polar surface area (TPSA) is 75.5 Å². The molecule has 2 aromatic rings. The summed E-state index contributed by atoms with van der Waals surface area (Å²) >= 11 is 0. The molecule has 0 spiro atoms. The van der Waals surface area contributed by atoms with Gasteiger partial charge in [0.05, 0.1) is 6.33 Å². The Morgan fingerprint density at radius 1 is 1.15 bits per heavy atom. The van der Waals surface area contributed by atoms with Crippen molar-refractivity contribution in [3.63, 3.8) is 0 Å². The van der Waals surface area contributed by atoms with Crippen molar-refractivity contribution in [1.29, 1.82) is 0 Å². The molecule has 2 heterocycles. The summed E-state index contributed by atoms with van der Waals surface area (Å²) in [4.78, 5) is 18.0. The second-order valence-corrected chi connectivity index (χ2v) is 8.47. The number of carbonyl (C=O) groups is 1. The van der Waals surface area contributed by atoms with Crippen molar-refractivity contribution in [1.82, 2.24) is 18.8 Å². The molecule has 1 saturated heterocycles. The van der Waals surface area contributed by atoms with Crippen molar-refractivity contribution in [2.45, 2.75) is 37.4 Å². The maximum Gasteiger partial charge on any atom is 0.262 e. The predicted octanol–water partition coefficient (Wildman–Crippen LogP) is 1.72. The van der Waals surface area contributed by atoms with Crippen molar-refractivity contribution >= 4 is 15.9 Å². The van der Waals surface area contributed by atoms with E-state index in [1.165, 1.54) is 21.4 Å². The molecule has 1 aromatic carbocycles. The van der Waals surface area contributed by atoms with Gasteiger partial charge in [0.15, 0.2) is 5.03 Å². The van der Waals surface area contributed by atoms with Crippen LogP contribution in [0.1, 0.15) is 24.8 Å². The number of aromatic nitrogens is 2. The standard InChI is InChI=1S/C18H24N4O3S/c1-20(12-16-8-4-2-5-9-16)18(23)14-21-13-17(19-15-21)26(24,25)22-10-6-3-7-11-22/h2,4-5,8-9,13,15H,3,6-7,10-12,14H2,1H3. The third-order valence-corrected chi connectivity index (χ3v) is 6.32. The van der Waals surface area contributed by atoms with E-state index in [9.17, 15) is 13.2 Å². The fourth-order valence-electron chi connectivity index (χ4n) is 3.02. The summed E-state index contributed by atoms with van der Waals surface area (Å²) in [6.07, 6.45) is 5.66. The fraction of sp³-hybridized carbons (Fsp3) is 0.444. The monoisotopic (exact) mass is 376 g/mol. The van der Waals surface area contributed by atoms with E-state index in [1.807, 2.05) is 30.3 Å². The molecule has 0 bridgehead atoms. The second-order valence-electron chi connectivity index (χ2n) is 6.58. The highest BCUT2D eigenvalue weighted by Gasteiger charge is 2.28. The zero-order valence-electron chi connectivity index (χ0n) is 14.9. The lowest BCUT2D eigenvalue weighted by molar-refractivity contribution is -0.131. The third-order valence-electron chi connectivity index (χ3n) is 4.53. The zero-order chi connectivity index (χ0) is 18.6. The molecule has 140 valence electrons. The molecule has 1 aliphatic heterocycles. The van der Waals surface area contributed by atoms with Crippen LogP contribution in [0.2, 0.25) is 0 Å². The maximum atomic E-state index is 12.6. The number of hydrogen-bond donors (Lipinski definition) is 0. The number of likely N-dealkylation sites (N-methyl/N-ethyl adjacent to an activating group) is 1. The summed E-state index contributed by atoms with van der Waals surface area (Å²) in [6.45, 7) is 1.64. The largest absolute Gasteiger partial charge is 0.340 e. The highest BCUT2D eigenvalue weighted by Crippen LogP contribution is 2.19. The second kappa shape index (κ2) is 8.01. The van der Waals surface area contributed by atoms with Crippen LogP contribution in [-0.2, 0) is 27.9 Å². The van der Waals surface area contributed by atoms with Gasteiger partial charge in [-0.15, -0.1) is 0 Å². The first-order chi connectivity index (χ1) is 12.5. The van der Waals surface area contributed by atoms with Crippen LogP contribution in [0.4, 0.5) is 0 Å². The Morgan fingerprint density at radius 2 is 1.85 bits per heavy atom. The minimum atomic E-state index is -3.57. The lowest BCUT2D eigenvalue weighted by Gasteiger charge is -2.24. The molecule has 7 nitrogen and oxygen atoms in total. The molecule has 0 radical (unpaired) electrons. The van der Waals surface area contributed by atoms with Crippen LogP contribution in [0.5, 0.6) is 0 Å². The van der Waals surface area contributed by atoms with Gasteiger partial charge in [0.1, 0.15) is 6.54 Å². The van der Waals surface area contributed by atoms with E-state index < -0.39 is 10.0 Å². The first-order valence-corrected chi connectivity index (χ1v) is 10.2. The number of nitrogens with zero attached hydrogens (tertiary/aromatic N) is 4. The molecule has 0 unspecified atom stereocenters. The summed E-state index contributed by atoms with van der Waals surface area (Å²) in [5, 5.41) is 0.0120. The number of amides is 1. The van der Waals surface area contributed by atoms with Gasteiger partial charge in [-0.2, -0.15) is 4.31 Å². The average Bonchev–Trinajstić information content (AvgIpc) is 3.12. The number of hydrogen-bond acceptors (Lipinski definition) is 4. The van der Waals surface area contributed by atoms with Crippen LogP contribution < -0.4 is 0 Å². The molecule has 0 saturated carbocycles. The van der Waals surface area contributed by atoms with Gasteiger partial charge in [-0.25, -0.2) is 13.4 Å². The van der Waals surface area contributed by atoms with E-state index in [-0.39, 0.29) is 17.5 Å². The Kier molecular flexibility index (Phi) is 5.73. The van der Waals surface area contributed by atoms with Crippen LogP contribution in [0, 0.1) is 0 Å². The van der Waals surface area contributed by atoms with E-state index in [0.29, 0.717) is 19.6 Å². The Labute approximate surface area is 154 Å². The number of rotatable bonds is 6. The normalized spacial score (nSPS) is 15.7. The van der Waals surface area contributed by atoms with E-state index in [2.05, 4.69) is 4.98 Å². The fourth-order valence-corrected chi connectivity index (χ4v) is 4.47. The first-order valence-electron chi connectivity index (χ1n) is 8.76. The number of carbonyl (C=O) groups excluding carboxylic acids is 1. The number of piperidine rings is 1. The predicted molar refractivity (Wildman–Crippen MR) is 97.8 cm³/mol. The Bertz CT molecular complexity index is 842. The molecule has 1 aromatic heterocycles. The number of benzene rings is 1. The summed E-state index contributed by atoms with van der Waals surface area (Å²) < 4.78 is 28.2. The van der Waals surface area contributed by atoms with Crippen LogP contribution in [-0.4, -0.2) is 53.2 Å². The van der Waals surface area contributed by atoms with E-state index in [4.69, 9.17) is 0 Å². The Hall–Kier alpha value is -2.19. The van der Waals surface area contributed by atoms with Gasteiger partial charge in [0.2, 0.25) is 5.91 Å². The molecule has 3 rings (SSSR count). The quantitative estimate of drug-likeness (QED) is 0.769. The first kappa shape index (κ1) is 18.6. The minimum absolute atomic E-state index is 0.0120. The number of imidazole rings is 1. The molecule has 0 aliphatic carbocycles. The molecule has 0 N–H and O–H groups in total. The van der Waals surface area contributed by atoms with E-state index in [1.54, 1.807) is 11.9 Å². The number of sulfonamides is 1. The lowest BCUT2D eigenvalue weighted by Crippen LogP contribution is -2.35. The van der Waals surface area contributed by atoms with Crippen molar-refractivity contribution < 1.29 is 13.2 Å². The highest BCUT2D eigenvalue weighted by molar-refractivity contribution is 7.89. The van der Waals surface area contributed by atoms with Crippen LogP contribution in [0.15, 0.2) is 47.9 Å². The molecular formula is C18H24N4O3S. The smallest absolute Gasteiger partial charge is 0.262 e. The van der Waals surface area contributed by atoms with Gasteiger partial charge in [-0.3, -0.25) is 4.79 Å². The third kappa shape index (κ3) is 4.31. The molecule has 1 fully saturated rings. The highest BCUT2D eigenvalue weighted by atomic mass is 32.2. The van der Waals surface area contributed by atoms with Crippen molar-refractivity contribution in [2.24, 2.45) is 0 Å². The average molecular weight is 376 g/mol. The van der Waals surface area contributed by atoms with Gasteiger partial charge < -0.3 is 9.47 Å². The van der Waals surface area contributed by atoms with E-state index >= 15 is 0 Å². The molecule has 8 heteroatoms. The van der Waals surface area contributed by atoms with Gasteiger partial charge in [0, 0.05) is 32.9 Å². The van der Waals surface area contributed by atoms with Crippen molar-refractivity contribution in [2.75, 3.05) is 20.1 Å². The summed E-state index contributed by atoms with van der Waals surface area (Å²) in [7, 11) is -1.84. The van der Waals surface area contributed by atoms with Crippen molar-refractivity contribution in [3.05, 3.63) is 48.4 Å². The van der Waals surface area contributed by atoms with Crippen LogP contribution in [0.3, 0.4) is 0 Å². The summed E-state index contributed by atoms with van der Waals surface area (Å²) in [5.41, 5.74) is 1.04. The molecule has 0 atom stereocenters. The molecular weight excluding hydrogens is 352 g/mol. The zero-order valence-corrected chi connectivity index (χ0v) is 15.7. The van der Waals surface area contributed by atoms with Gasteiger partial charge in [-0.05, 0) is 18.4 Å². The lowest BCUT2D eigenvalue weighted by atomic mass is 10.2. The van der Waals surface area contributed by atoms with Gasteiger partial charge in [-0.1, -0.05) is 36.8 Å². The minimum Gasteiger partial charge on any atom is -0.340 e. The maximum absolute atomic E-state index is 12.6. The molecule has 26 heavy (non-hydrogen) atoms. The van der Waals surface area contributed by atoms with Gasteiger partial charge >= 0.3 is 0 Å². The Morgan fingerprint density at radius 3 is 2.54 bits per heavy atom. The van der Waals surface area contributed by atoms with Crippen LogP contribution >= 0.6 is 0 Å². The Balaban J connectivity index is 1.63. The molecule has 1 aliphatic rings. The molecule has 1 amide bonds. The summed E-state index contributed by atoms with van der Waals surface area (Å²) in [5.74, 6) is -0.104.